The molecule has 7 nitrogen and oxygen atoms in total. The smallest absolute Gasteiger partial charge is 0.316 e. The van der Waals surface area contributed by atoms with Crippen molar-refractivity contribution in [1.82, 2.24) is 0 Å². The van der Waals surface area contributed by atoms with E-state index >= 15 is 0 Å². The van der Waals surface area contributed by atoms with Crippen LogP contribution in [-0.4, -0.2) is 27.3 Å². The molecule has 0 aromatic heterocycles. The Morgan fingerprint density at radius 1 is 1.35 bits per heavy atom. The van der Waals surface area contributed by atoms with Crippen molar-refractivity contribution in [2.75, 3.05) is 12.4 Å². The number of carbonyl (C=O) groups excluding carboxylic acids is 2. The molecule has 3 N–H and O–H groups in total. The summed E-state index contributed by atoms with van der Waals surface area (Å²) in [5, 5.41) is 8.11. The molecular weight excluding hydrogens is 320 g/mol. The summed E-state index contributed by atoms with van der Waals surface area (Å²) in [5.74, 6) is -2.03. The largest absolute Gasteiger partial charge is 0.468 e. The van der Waals surface area contributed by atoms with E-state index in [0.29, 0.717) is 12.1 Å². The number of hydrogen-bond acceptors (Lipinski definition) is 6. The zero-order valence-corrected chi connectivity index (χ0v) is 13.6. The van der Waals surface area contributed by atoms with Crippen molar-refractivity contribution in [1.29, 1.82) is 0 Å². The molecule has 23 heavy (non-hydrogen) atoms. The van der Waals surface area contributed by atoms with Crippen LogP contribution in [0.4, 0.5) is 5.69 Å². The van der Waals surface area contributed by atoms with Gasteiger partial charge in [-0.3, -0.25) is 9.59 Å². The highest BCUT2D eigenvalue weighted by molar-refractivity contribution is 7.89. The maximum absolute atomic E-state index is 12.1. The summed E-state index contributed by atoms with van der Waals surface area (Å²) in [5.41, 5.74) is 0.816. The molecule has 0 unspecified atom stereocenters. The van der Waals surface area contributed by atoms with E-state index in [9.17, 15) is 18.0 Å². The summed E-state index contributed by atoms with van der Waals surface area (Å²) in [6.07, 6.45) is 1.71. The number of ketones is 1. The molecule has 0 aliphatic heterocycles. The molecule has 0 fully saturated rings. The summed E-state index contributed by atoms with van der Waals surface area (Å²) in [4.78, 5) is 23.7. The number of benzene rings is 1. The van der Waals surface area contributed by atoms with Gasteiger partial charge in [-0.2, -0.15) is 0 Å². The molecule has 2 atom stereocenters. The Balaban J connectivity index is 2.30. The number of nitrogens with one attached hydrogen (secondary N) is 1. The number of hydrogen-bond donors (Lipinski definition) is 2. The second-order valence-corrected chi connectivity index (χ2v) is 6.95. The lowest BCUT2D eigenvalue weighted by atomic mass is 9.82. The first-order valence-corrected chi connectivity index (χ1v) is 8.49. The van der Waals surface area contributed by atoms with E-state index in [-0.39, 0.29) is 22.3 Å². The molecule has 0 spiro atoms. The number of para-hydroxylation sites is 1. The third-order valence-corrected chi connectivity index (χ3v) is 4.65. The zero-order valence-electron chi connectivity index (χ0n) is 12.8. The van der Waals surface area contributed by atoms with Gasteiger partial charge in [-0.15, -0.1) is 0 Å². The van der Waals surface area contributed by atoms with Gasteiger partial charge >= 0.3 is 5.97 Å². The van der Waals surface area contributed by atoms with Crippen LogP contribution in [0.5, 0.6) is 0 Å². The lowest BCUT2D eigenvalue weighted by molar-refractivity contribution is -0.150. The first-order valence-electron chi connectivity index (χ1n) is 6.95. The summed E-state index contributed by atoms with van der Waals surface area (Å²) >= 11 is 0. The van der Waals surface area contributed by atoms with Crippen molar-refractivity contribution in [2.24, 2.45) is 17.0 Å². The van der Waals surface area contributed by atoms with Gasteiger partial charge in [-0.25, -0.2) is 13.6 Å². The maximum atomic E-state index is 12.1. The molecule has 0 saturated carbocycles. The average molecular weight is 338 g/mol. The lowest BCUT2D eigenvalue weighted by Crippen LogP contribution is -2.34. The molecule has 124 valence electrons. The van der Waals surface area contributed by atoms with E-state index in [4.69, 9.17) is 5.14 Å². The topological polar surface area (TPSA) is 116 Å². The SMILES string of the molecule is COC(=O)[C@@H]1C(=O)C=C(Nc2ccccc2S(N)(=O)=O)C[C@H]1C. The molecule has 0 radical (unpaired) electrons. The minimum absolute atomic E-state index is 0.0592. The second-order valence-electron chi connectivity index (χ2n) is 5.42. The van der Waals surface area contributed by atoms with Crippen LogP contribution in [0.1, 0.15) is 13.3 Å². The Bertz CT molecular complexity index is 770. The standard InChI is InChI=1S/C15H18N2O5S/c1-9-7-10(8-12(18)14(9)15(19)22-2)17-11-5-3-4-6-13(11)23(16,20)21/h3-6,8-9,14,17H,7H2,1-2H3,(H2,16,20,21)/t9-,14+/m1/s1. The van der Waals surface area contributed by atoms with Crippen molar-refractivity contribution >= 4 is 27.5 Å². The lowest BCUT2D eigenvalue weighted by Gasteiger charge is -2.26. The first kappa shape index (κ1) is 17.2. The van der Waals surface area contributed by atoms with Crippen LogP contribution in [0.15, 0.2) is 40.9 Å². The molecule has 1 aliphatic carbocycles. The monoisotopic (exact) mass is 338 g/mol. The molecule has 2 rings (SSSR count). The highest BCUT2D eigenvalue weighted by atomic mass is 32.2. The number of ether oxygens (including phenoxy) is 1. The Morgan fingerprint density at radius 2 is 2.00 bits per heavy atom. The number of nitrogens with two attached hydrogens (primary N) is 1. The Hall–Kier alpha value is -2.19. The molecule has 0 saturated heterocycles. The van der Waals surface area contributed by atoms with Gasteiger partial charge in [-0.05, 0) is 24.5 Å². The number of esters is 1. The van der Waals surface area contributed by atoms with Crippen molar-refractivity contribution in [2.45, 2.75) is 18.2 Å². The summed E-state index contributed by atoms with van der Waals surface area (Å²) in [7, 11) is -2.65. The van der Waals surface area contributed by atoms with Crippen LogP contribution in [0.2, 0.25) is 0 Å². The number of primary sulfonamides is 1. The predicted molar refractivity (Wildman–Crippen MR) is 83.8 cm³/mol. The van der Waals surface area contributed by atoms with Crippen molar-refractivity contribution in [3.63, 3.8) is 0 Å². The van der Waals surface area contributed by atoms with Crippen LogP contribution in [0, 0.1) is 11.8 Å². The average Bonchev–Trinajstić information content (AvgIpc) is 2.45. The van der Waals surface area contributed by atoms with Gasteiger partial charge < -0.3 is 10.1 Å². The first-order chi connectivity index (χ1) is 10.7. The molecule has 8 heteroatoms. The summed E-state index contributed by atoms with van der Waals surface area (Å²) in [6, 6.07) is 6.15. The molecule has 1 aromatic carbocycles. The van der Waals surface area contributed by atoms with Gasteiger partial charge in [0.25, 0.3) is 0 Å². The maximum Gasteiger partial charge on any atom is 0.316 e. The highest BCUT2D eigenvalue weighted by Gasteiger charge is 2.36. The minimum Gasteiger partial charge on any atom is -0.468 e. The number of allylic oxidation sites excluding steroid dienone is 2. The second kappa shape index (κ2) is 6.51. The van der Waals surface area contributed by atoms with E-state index in [1.165, 1.54) is 19.3 Å². The van der Waals surface area contributed by atoms with Gasteiger partial charge in [0.2, 0.25) is 10.0 Å². The van der Waals surface area contributed by atoms with Gasteiger partial charge in [-0.1, -0.05) is 19.1 Å². The van der Waals surface area contributed by atoms with Crippen molar-refractivity contribution in [3.8, 4) is 0 Å². The molecule has 1 aromatic rings. The molecular formula is C15H18N2O5S. The number of methoxy groups -OCH3 is 1. The number of anilines is 1. The molecule has 0 heterocycles. The molecule has 1 aliphatic rings. The van der Waals surface area contributed by atoms with Crippen molar-refractivity contribution in [3.05, 3.63) is 36.0 Å². The van der Waals surface area contributed by atoms with Gasteiger partial charge in [0.1, 0.15) is 10.8 Å². The molecule has 0 amide bonds. The number of sulfonamides is 1. The van der Waals surface area contributed by atoms with Gasteiger partial charge in [0, 0.05) is 11.8 Å². The highest BCUT2D eigenvalue weighted by Crippen LogP contribution is 2.30. The Kier molecular flexibility index (Phi) is 4.86. The number of rotatable bonds is 4. The summed E-state index contributed by atoms with van der Waals surface area (Å²) in [6.45, 7) is 1.76. The normalized spacial score (nSPS) is 21.5. The fourth-order valence-corrected chi connectivity index (χ4v) is 3.31. The quantitative estimate of drug-likeness (QED) is 0.626. The van der Waals surface area contributed by atoms with E-state index in [2.05, 4.69) is 10.1 Å². The van der Waals surface area contributed by atoms with Crippen LogP contribution >= 0.6 is 0 Å². The minimum atomic E-state index is -3.89. The van der Waals surface area contributed by atoms with E-state index in [0.717, 1.165) is 0 Å². The predicted octanol–water partition coefficient (Wildman–Crippen LogP) is 1.03. The van der Waals surface area contributed by atoms with E-state index in [1.54, 1.807) is 25.1 Å². The third-order valence-electron chi connectivity index (χ3n) is 3.68. The van der Waals surface area contributed by atoms with Crippen LogP contribution in [-0.2, 0) is 24.3 Å². The molecule has 0 bridgehead atoms. The van der Waals surface area contributed by atoms with Gasteiger partial charge in [0.05, 0.1) is 12.8 Å². The van der Waals surface area contributed by atoms with Crippen molar-refractivity contribution < 1.29 is 22.7 Å². The summed E-state index contributed by atoms with van der Waals surface area (Å²) < 4.78 is 27.8. The van der Waals surface area contributed by atoms with Gasteiger partial charge in [0.15, 0.2) is 5.78 Å². The fraction of sp³-hybridized carbons (Fsp3) is 0.333. The Labute approximate surface area is 134 Å². The van der Waals surface area contributed by atoms with E-state index < -0.39 is 21.9 Å². The van der Waals surface area contributed by atoms with Crippen LogP contribution in [0.3, 0.4) is 0 Å². The van der Waals surface area contributed by atoms with Crippen LogP contribution in [0.25, 0.3) is 0 Å². The van der Waals surface area contributed by atoms with E-state index in [1.807, 2.05) is 0 Å². The third kappa shape index (κ3) is 3.77. The van der Waals surface area contributed by atoms with Crippen LogP contribution < -0.4 is 10.5 Å². The fourth-order valence-electron chi connectivity index (χ4n) is 2.62. The zero-order chi connectivity index (χ0) is 17.2. The number of carbonyl (C=O) groups is 2. The Morgan fingerprint density at radius 3 is 2.57 bits per heavy atom.